The first kappa shape index (κ1) is 24.4. The van der Waals surface area contributed by atoms with Gasteiger partial charge in [-0.25, -0.2) is 0 Å². The number of oxime groups is 2. The van der Waals surface area contributed by atoms with Crippen LogP contribution < -0.4 is 9.80 Å². The summed E-state index contributed by atoms with van der Waals surface area (Å²) in [7, 11) is 0. The fraction of sp³-hybridized carbons (Fsp3) is 0.333. The fourth-order valence-electron chi connectivity index (χ4n) is 7.93. The zero-order valence-electron chi connectivity index (χ0n) is 21.7. The van der Waals surface area contributed by atoms with Crippen LogP contribution in [0.25, 0.3) is 0 Å². The van der Waals surface area contributed by atoms with Crippen molar-refractivity contribution >= 4 is 46.4 Å². The largest absolute Gasteiger partial charge is 0.411 e. The van der Waals surface area contributed by atoms with Crippen LogP contribution in [0.3, 0.4) is 0 Å². The minimum Gasteiger partial charge on any atom is -0.411 e. The molecule has 202 valence electrons. The Morgan fingerprint density at radius 3 is 1.23 bits per heavy atom. The van der Waals surface area contributed by atoms with E-state index >= 15 is 0 Å². The maximum absolute atomic E-state index is 13.7. The summed E-state index contributed by atoms with van der Waals surface area (Å²) >= 11 is 0. The monoisotopic (exact) mass is 538 g/mol. The standard InChI is InChI=1S/C30H26N4O6/c1-13(31-39)15-3-7-17(8-4-15)33-27(35)23-19-11-12-20(24(23)28(33)36)22-21(19)25-26(22)30(38)34(29(25)37)18-9-5-16(6-10-18)14(2)32-40/h3-12,19-26,39-40H,1-2H3/b31-13+,32-14-/t19-,20-,21-,22-,23-,24+,25-,26-/m1/s1. The van der Waals surface area contributed by atoms with Gasteiger partial charge in [-0.05, 0) is 72.9 Å². The third kappa shape index (κ3) is 2.98. The molecule has 2 aliphatic heterocycles. The molecule has 6 aliphatic rings. The molecule has 40 heavy (non-hydrogen) atoms. The van der Waals surface area contributed by atoms with E-state index in [1.807, 2.05) is 12.2 Å². The lowest BCUT2D eigenvalue weighted by molar-refractivity contribution is -0.166. The lowest BCUT2D eigenvalue weighted by Crippen LogP contribution is -2.63. The van der Waals surface area contributed by atoms with Crippen molar-refractivity contribution in [3.63, 3.8) is 0 Å². The van der Waals surface area contributed by atoms with Crippen molar-refractivity contribution in [1.82, 2.24) is 0 Å². The Morgan fingerprint density at radius 2 is 0.900 bits per heavy atom. The second kappa shape index (κ2) is 8.45. The number of carbonyl (C=O) groups excluding carboxylic acids is 4. The van der Waals surface area contributed by atoms with Crippen LogP contribution in [0.2, 0.25) is 0 Å². The Morgan fingerprint density at radius 1 is 0.575 bits per heavy atom. The zero-order valence-corrected chi connectivity index (χ0v) is 21.7. The molecule has 0 aromatic heterocycles. The third-order valence-corrected chi connectivity index (χ3v) is 9.73. The van der Waals surface area contributed by atoms with Crippen LogP contribution in [0.4, 0.5) is 11.4 Å². The first-order valence-electron chi connectivity index (χ1n) is 13.3. The van der Waals surface area contributed by atoms with Crippen LogP contribution in [-0.4, -0.2) is 45.5 Å². The van der Waals surface area contributed by atoms with Crippen molar-refractivity contribution in [3.8, 4) is 0 Å². The van der Waals surface area contributed by atoms with E-state index in [0.29, 0.717) is 33.9 Å². The van der Waals surface area contributed by atoms with Gasteiger partial charge < -0.3 is 10.4 Å². The molecule has 10 heteroatoms. The topological polar surface area (TPSA) is 140 Å². The molecule has 2 saturated carbocycles. The summed E-state index contributed by atoms with van der Waals surface area (Å²) in [5.74, 6) is -4.20. The summed E-state index contributed by atoms with van der Waals surface area (Å²) in [6.07, 6.45) is 3.96. The van der Waals surface area contributed by atoms with Gasteiger partial charge in [-0.15, -0.1) is 0 Å². The number of hydrogen-bond donors (Lipinski definition) is 2. The number of amides is 4. The average molecular weight is 539 g/mol. The number of anilines is 2. The molecule has 2 aromatic carbocycles. The van der Waals surface area contributed by atoms with Crippen molar-refractivity contribution in [3.05, 3.63) is 71.8 Å². The average Bonchev–Trinajstić information content (AvgIpc) is 3.35. The van der Waals surface area contributed by atoms with E-state index in [-0.39, 0.29) is 47.3 Å². The minimum atomic E-state index is -0.568. The molecule has 2 bridgehead atoms. The van der Waals surface area contributed by atoms with Crippen LogP contribution in [0, 0.1) is 47.3 Å². The van der Waals surface area contributed by atoms with E-state index in [9.17, 15) is 19.2 Å². The number of benzene rings is 2. The Balaban J connectivity index is 1.18. The van der Waals surface area contributed by atoms with Crippen molar-refractivity contribution in [1.29, 1.82) is 0 Å². The van der Waals surface area contributed by atoms with E-state index in [4.69, 9.17) is 10.4 Å². The highest BCUT2D eigenvalue weighted by Crippen LogP contribution is 2.68. The molecule has 2 heterocycles. The molecule has 8 rings (SSSR count). The molecule has 0 unspecified atom stereocenters. The van der Waals surface area contributed by atoms with Gasteiger partial charge in [-0.1, -0.05) is 46.7 Å². The van der Waals surface area contributed by atoms with E-state index in [1.54, 1.807) is 62.4 Å². The van der Waals surface area contributed by atoms with E-state index in [0.717, 1.165) is 0 Å². The van der Waals surface area contributed by atoms with Crippen LogP contribution in [-0.2, 0) is 19.2 Å². The highest BCUT2D eigenvalue weighted by Gasteiger charge is 2.75. The van der Waals surface area contributed by atoms with Crippen LogP contribution in [0.15, 0.2) is 71.0 Å². The Bertz CT molecular complexity index is 1520. The molecule has 2 saturated heterocycles. The first-order valence-corrected chi connectivity index (χ1v) is 13.3. The van der Waals surface area contributed by atoms with Gasteiger partial charge in [0, 0.05) is 0 Å². The van der Waals surface area contributed by atoms with Gasteiger partial charge in [0.1, 0.15) is 0 Å². The fourth-order valence-corrected chi connectivity index (χ4v) is 7.93. The van der Waals surface area contributed by atoms with Gasteiger partial charge >= 0.3 is 0 Å². The molecule has 4 amide bonds. The van der Waals surface area contributed by atoms with E-state index < -0.39 is 23.7 Å². The predicted molar refractivity (Wildman–Crippen MR) is 143 cm³/mol. The van der Waals surface area contributed by atoms with Gasteiger partial charge in [0.2, 0.25) is 23.6 Å². The minimum absolute atomic E-state index is 0.173. The summed E-state index contributed by atoms with van der Waals surface area (Å²) in [4.78, 5) is 57.3. The van der Waals surface area contributed by atoms with Crippen LogP contribution in [0.1, 0.15) is 25.0 Å². The quantitative estimate of drug-likeness (QED) is 0.202. The van der Waals surface area contributed by atoms with Crippen molar-refractivity contribution in [2.24, 2.45) is 57.7 Å². The lowest BCUT2D eigenvalue weighted by atomic mass is 9.40. The smallest absolute Gasteiger partial charge is 0.238 e. The Labute approximate surface area is 229 Å². The SMILES string of the molecule is C/C(=N/O)c1ccc(N2C(=O)[C@H]3[C@H](C2=O)[C@@H]2[C@H]4C=C[C@@H]([C@H]5C(=O)N(c6ccc(/C(C)=N/O)cc6)C(=O)[C@@H]45)[C@@H]32)cc1. The molecule has 0 radical (unpaired) electrons. The molecule has 4 aliphatic carbocycles. The predicted octanol–water partition coefficient (Wildman–Crippen LogP) is 3.06. The maximum Gasteiger partial charge on any atom is 0.238 e. The van der Waals surface area contributed by atoms with Gasteiger partial charge in [0.05, 0.1) is 46.5 Å². The molecule has 2 N–H and O–H groups in total. The lowest BCUT2D eigenvalue weighted by Gasteiger charge is -2.60. The number of fused-ring (bicyclic) bond motifs is 1. The second-order valence-corrected chi connectivity index (χ2v) is 11.3. The molecular formula is C30H26N4O6. The summed E-state index contributed by atoms with van der Waals surface area (Å²) in [5.41, 5.74) is 3.08. The number of allylic oxidation sites excluding steroid dienone is 2. The molecule has 4 fully saturated rings. The normalized spacial score (nSPS) is 34.2. The van der Waals surface area contributed by atoms with Gasteiger partial charge in [-0.3, -0.25) is 29.0 Å². The summed E-state index contributed by atoms with van der Waals surface area (Å²) in [5, 5.41) is 24.5. The Hall–Kier alpha value is -4.60. The summed E-state index contributed by atoms with van der Waals surface area (Å²) < 4.78 is 0. The van der Waals surface area contributed by atoms with Crippen LogP contribution in [0.5, 0.6) is 0 Å². The molecule has 8 atom stereocenters. The Kier molecular flexibility index (Phi) is 5.16. The number of imide groups is 2. The van der Waals surface area contributed by atoms with E-state index in [2.05, 4.69) is 10.3 Å². The van der Waals surface area contributed by atoms with Gasteiger partial charge in [0.25, 0.3) is 0 Å². The van der Waals surface area contributed by atoms with Gasteiger partial charge in [0.15, 0.2) is 0 Å². The number of rotatable bonds is 4. The number of nitrogens with zero attached hydrogens (tertiary/aromatic N) is 4. The van der Waals surface area contributed by atoms with Crippen molar-refractivity contribution in [2.75, 3.05) is 9.80 Å². The summed E-state index contributed by atoms with van der Waals surface area (Å²) in [6, 6.07) is 13.5. The third-order valence-electron chi connectivity index (χ3n) is 9.73. The molecular weight excluding hydrogens is 512 g/mol. The molecule has 10 nitrogen and oxygen atoms in total. The first-order chi connectivity index (χ1) is 19.3. The highest BCUT2D eigenvalue weighted by molar-refractivity contribution is 6.25. The van der Waals surface area contributed by atoms with Gasteiger partial charge in [-0.2, -0.15) is 0 Å². The number of hydrogen-bond acceptors (Lipinski definition) is 8. The van der Waals surface area contributed by atoms with Crippen molar-refractivity contribution < 1.29 is 29.6 Å². The summed E-state index contributed by atoms with van der Waals surface area (Å²) in [6.45, 7) is 3.30. The second-order valence-electron chi connectivity index (χ2n) is 11.3. The van der Waals surface area contributed by atoms with Crippen LogP contribution >= 0.6 is 0 Å². The van der Waals surface area contributed by atoms with E-state index in [1.165, 1.54) is 9.80 Å². The highest BCUT2D eigenvalue weighted by atomic mass is 16.4. The number of carbonyl (C=O) groups is 4. The maximum atomic E-state index is 13.7. The zero-order chi connectivity index (χ0) is 28.0. The molecule has 0 spiro atoms. The van der Waals surface area contributed by atoms with Crippen molar-refractivity contribution in [2.45, 2.75) is 13.8 Å². The molecule has 2 aromatic rings.